The van der Waals surface area contributed by atoms with E-state index in [9.17, 15) is 0 Å². The van der Waals surface area contributed by atoms with Crippen LogP contribution >= 0.6 is 0 Å². The van der Waals surface area contributed by atoms with Crippen molar-refractivity contribution in [3.8, 4) is 0 Å². The number of anilines is 1. The van der Waals surface area contributed by atoms with Gasteiger partial charge in [0.1, 0.15) is 6.33 Å². The Balaban J connectivity index is 1.77. The standard InChI is InChI=1S/C16H18N6/c1-10-4-5-13-8-21(7-6-14(13)18-10)16-12(3)11(2)15-19-17-9-22(15)20-16/h4-5,9H,6-8H2,1-3H3. The Morgan fingerprint density at radius 3 is 2.82 bits per heavy atom. The number of aryl methyl sites for hydroxylation is 2. The molecular weight excluding hydrogens is 276 g/mol. The van der Waals surface area contributed by atoms with Crippen LogP contribution in [0.2, 0.25) is 0 Å². The molecule has 22 heavy (non-hydrogen) atoms. The molecule has 3 aromatic rings. The molecule has 1 aliphatic rings. The molecule has 3 aromatic heterocycles. The topological polar surface area (TPSA) is 59.2 Å². The smallest absolute Gasteiger partial charge is 0.180 e. The van der Waals surface area contributed by atoms with Gasteiger partial charge in [-0.25, -0.2) is 0 Å². The van der Waals surface area contributed by atoms with Crippen LogP contribution in [0.3, 0.4) is 0 Å². The maximum Gasteiger partial charge on any atom is 0.180 e. The van der Waals surface area contributed by atoms with Gasteiger partial charge in [0.05, 0.1) is 0 Å². The molecule has 4 rings (SSSR count). The van der Waals surface area contributed by atoms with E-state index in [0.29, 0.717) is 0 Å². The third-order valence-corrected chi connectivity index (χ3v) is 4.45. The van der Waals surface area contributed by atoms with Crippen molar-refractivity contribution < 1.29 is 0 Å². The van der Waals surface area contributed by atoms with Gasteiger partial charge in [-0.1, -0.05) is 6.07 Å². The largest absolute Gasteiger partial charge is 0.350 e. The number of hydrogen-bond acceptors (Lipinski definition) is 5. The first-order chi connectivity index (χ1) is 10.6. The van der Waals surface area contributed by atoms with Gasteiger partial charge in [-0.2, -0.15) is 4.52 Å². The second-order valence-electron chi connectivity index (χ2n) is 5.90. The highest BCUT2D eigenvalue weighted by Gasteiger charge is 2.22. The van der Waals surface area contributed by atoms with Gasteiger partial charge >= 0.3 is 0 Å². The van der Waals surface area contributed by atoms with Crippen molar-refractivity contribution in [3.63, 3.8) is 0 Å². The summed E-state index contributed by atoms with van der Waals surface area (Å²) in [4.78, 5) is 6.97. The SMILES string of the molecule is Cc1ccc2c(n1)CCN(c1nn3cnnc3c(C)c1C)C2. The molecule has 0 aliphatic carbocycles. The number of fused-ring (bicyclic) bond motifs is 2. The van der Waals surface area contributed by atoms with E-state index in [1.165, 1.54) is 16.8 Å². The van der Waals surface area contributed by atoms with Crippen LogP contribution in [0.15, 0.2) is 18.5 Å². The van der Waals surface area contributed by atoms with Gasteiger partial charge in [0, 0.05) is 42.0 Å². The van der Waals surface area contributed by atoms with E-state index in [1.54, 1.807) is 10.8 Å². The zero-order valence-electron chi connectivity index (χ0n) is 13.0. The van der Waals surface area contributed by atoms with Gasteiger partial charge in [0.25, 0.3) is 0 Å². The first kappa shape index (κ1) is 13.2. The van der Waals surface area contributed by atoms with Crippen molar-refractivity contribution in [2.45, 2.75) is 33.7 Å². The van der Waals surface area contributed by atoms with Crippen molar-refractivity contribution >= 4 is 11.5 Å². The van der Waals surface area contributed by atoms with Gasteiger partial charge in [-0.05, 0) is 32.4 Å². The Labute approximate surface area is 128 Å². The number of pyridine rings is 1. The van der Waals surface area contributed by atoms with Crippen LogP contribution in [0.1, 0.15) is 28.1 Å². The van der Waals surface area contributed by atoms with Gasteiger partial charge < -0.3 is 4.90 Å². The average molecular weight is 294 g/mol. The molecule has 0 amide bonds. The Morgan fingerprint density at radius 2 is 1.95 bits per heavy atom. The minimum absolute atomic E-state index is 0.830. The quantitative estimate of drug-likeness (QED) is 0.687. The van der Waals surface area contributed by atoms with Crippen molar-refractivity contribution in [2.24, 2.45) is 0 Å². The Bertz CT molecular complexity index is 866. The van der Waals surface area contributed by atoms with Crippen LogP contribution in [-0.2, 0) is 13.0 Å². The summed E-state index contributed by atoms with van der Waals surface area (Å²) in [5.74, 6) is 1.01. The molecule has 0 spiro atoms. The van der Waals surface area contributed by atoms with E-state index >= 15 is 0 Å². The molecule has 6 heteroatoms. The molecule has 0 unspecified atom stereocenters. The van der Waals surface area contributed by atoms with E-state index < -0.39 is 0 Å². The number of rotatable bonds is 1. The summed E-state index contributed by atoms with van der Waals surface area (Å²) in [7, 11) is 0. The molecule has 6 nitrogen and oxygen atoms in total. The Hall–Kier alpha value is -2.50. The van der Waals surface area contributed by atoms with E-state index in [4.69, 9.17) is 5.10 Å². The summed E-state index contributed by atoms with van der Waals surface area (Å²) in [5.41, 5.74) is 6.73. The fourth-order valence-corrected chi connectivity index (χ4v) is 3.07. The molecule has 0 fully saturated rings. The van der Waals surface area contributed by atoms with Crippen LogP contribution in [0.5, 0.6) is 0 Å². The third kappa shape index (κ3) is 1.94. The fourth-order valence-electron chi connectivity index (χ4n) is 3.07. The predicted molar refractivity (Wildman–Crippen MR) is 84.0 cm³/mol. The molecule has 0 saturated carbocycles. The minimum Gasteiger partial charge on any atom is -0.350 e. The summed E-state index contributed by atoms with van der Waals surface area (Å²) in [6.45, 7) is 8.01. The van der Waals surface area contributed by atoms with Crippen molar-refractivity contribution in [1.82, 2.24) is 24.8 Å². The van der Waals surface area contributed by atoms with Crippen molar-refractivity contribution in [3.05, 3.63) is 46.5 Å². The minimum atomic E-state index is 0.830. The van der Waals surface area contributed by atoms with Crippen molar-refractivity contribution in [2.75, 3.05) is 11.4 Å². The molecule has 0 radical (unpaired) electrons. The lowest BCUT2D eigenvalue weighted by molar-refractivity contribution is 0.686. The first-order valence-electron chi connectivity index (χ1n) is 7.51. The van der Waals surface area contributed by atoms with E-state index in [1.807, 2.05) is 6.92 Å². The zero-order valence-corrected chi connectivity index (χ0v) is 13.0. The summed E-state index contributed by atoms with van der Waals surface area (Å²) >= 11 is 0. The molecule has 0 bridgehead atoms. The van der Waals surface area contributed by atoms with E-state index in [0.717, 1.165) is 42.2 Å². The molecule has 0 atom stereocenters. The normalized spacial score (nSPS) is 14.4. The summed E-state index contributed by atoms with van der Waals surface area (Å²) in [5, 5.41) is 12.8. The van der Waals surface area contributed by atoms with Gasteiger partial charge in [-0.3, -0.25) is 4.98 Å². The van der Waals surface area contributed by atoms with Crippen molar-refractivity contribution in [1.29, 1.82) is 0 Å². The zero-order chi connectivity index (χ0) is 15.3. The van der Waals surface area contributed by atoms with Crippen LogP contribution < -0.4 is 4.90 Å². The van der Waals surface area contributed by atoms with Crippen LogP contribution in [0, 0.1) is 20.8 Å². The van der Waals surface area contributed by atoms with Gasteiger partial charge in [0.2, 0.25) is 0 Å². The van der Waals surface area contributed by atoms with Crippen LogP contribution in [-0.4, -0.2) is 31.3 Å². The second-order valence-corrected chi connectivity index (χ2v) is 5.90. The number of nitrogens with zero attached hydrogens (tertiary/aromatic N) is 6. The third-order valence-electron chi connectivity index (χ3n) is 4.45. The molecule has 0 N–H and O–H groups in total. The highest BCUT2D eigenvalue weighted by atomic mass is 15.4. The lowest BCUT2D eigenvalue weighted by atomic mass is 10.0. The first-order valence-corrected chi connectivity index (χ1v) is 7.51. The maximum atomic E-state index is 4.71. The Kier molecular flexibility index (Phi) is 2.85. The predicted octanol–water partition coefficient (Wildman–Crippen LogP) is 2.01. The highest BCUT2D eigenvalue weighted by Crippen LogP contribution is 2.27. The second kappa shape index (κ2) is 4.76. The number of hydrogen-bond donors (Lipinski definition) is 0. The molecule has 0 saturated heterocycles. The van der Waals surface area contributed by atoms with Gasteiger partial charge in [-0.15, -0.1) is 15.3 Å². The highest BCUT2D eigenvalue weighted by molar-refractivity contribution is 5.59. The average Bonchev–Trinajstić information content (AvgIpc) is 2.99. The van der Waals surface area contributed by atoms with Gasteiger partial charge in [0.15, 0.2) is 11.5 Å². The van der Waals surface area contributed by atoms with E-state index in [-0.39, 0.29) is 0 Å². The summed E-state index contributed by atoms with van der Waals surface area (Å²) < 4.78 is 1.76. The molecule has 0 aromatic carbocycles. The lowest BCUT2D eigenvalue weighted by Gasteiger charge is -2.30. The molecular formula is C16H18N6. The molecule has 112 valence electrons. The maximum absolute atomic E-state index is 4.71. The molecule has 1 aliphatic heterocycles. The summed E-state index contributed by atoms with van der Waals surface area (Å²) in [6.07, 6.45) is 2.62. The van der Waals surface area contributed by atoms with Crippen LogP contribution in [0.25, 0.3) is 5.65 Å². The number of aromatic nitrogens is 5. The van der Waals surface area contributed by atoms with Crippen LogP contribution in [0.4, 0.5) is 5.82 Å². The summed E-state index contributed by atoms with van der Waals surface area (Å²) in [6, 6.07) is 4.26. The molecule has 4 heterocycles. The fraction of sp³-hybridized carbons (Fsp3) is 0.375. The lowest BCUT2D eigenvalue weighted by Crippen LogP contribution is -2.33. The monoisotopic (exact) mass is 294 g/mol. The Morgan fingerprint density at radius 1 is 1.09 bits per heavy atom. The van der Waals surface area contributed by atoms with E-state index in [2.05, 4.69) is 46.1 Å².